The number of urea groups is 1. The normalized spacial score (nSPS) is 13.1. The molecule has 0 bridgehead atoms. The number of ether oxygens (including phenoxy) is 3. The number of nitrogens with zero attached hydrogens (tertiary/aromatic N) is 5. The summed E-state index contributed by atoms with van der Waals surface area (Å²) in [6.07, 6.45) is 4.37. The predicted octanol–water partition coefficient (Wildman–Crippen LogP) is 4.68. The minimum absolute atomic E-state index is 0.00683. The fraction of sp³-hybridized carbons (Fsp3) is 0.115. The molecule has 0 unspecified atom stereocenters. The van der Waals surface area contributed by atoms with Crippen LogP contribution in [0.25, 0.3) is 16.9 Å². The first-order valence-corrected chi connectivity index (χ1v) is 11.7. The number of hydrogen-bond acceptors (Lipinski definition) is 8. The molecule has 4 heterocycles. The van der Waals surface area contributed by atoms with Crippen molar-refractivity contribution in [2.75, 3.05) is 23.8 Å². The highest BCUT2D eigenvalue weighted by Crippen LogP contribution is 2.26. The Balaban J connectivity index is 1.09. The Labute approximate surface area is 219 Å². The fourth-order valence-corrected chi connectivity index (χ4v) is 3.68. The van der Waals surface area contributed by atoms with E-state index in [4.69, 9.17) is 14.2 Å². The second-order valence-electron chi connectivity index (χ2n) is 8.45. The molecule has 196 valence electrons. The minimum Gasteiger partial charge on any atom is -0.468 e. The molecule has 13 heteroatoms. The number of carbonyl (C=O) groups excluding carboxylic acids is 1. The summed E-state index contributed by atoms with van der Waals surface area (Å²) in [5, 5.41) is 9.20. The van der Waals surface area contributed by atoms with E-state index < -0.39 is 17.7 Å². The first kappa shape index (κ1) is 24.2. The van der Waals surface area contributed by atoms with Crippen molar-refractivity contribution in [1.29, 1.82) is 0 Å². The van der Waals surface area contributed by atoms with Crippen molar-refractivity contribution in [3.63, 3.8) is 0 Å². The van der Waals surface area contributed by atoms with Crippen LogP contribution in [0.4, 0.5) is 25.0 Å². The number of hydrogen-bond donors (Lipinski definition) is 2. The van der Waals surface area contributed by atoms with Crippen molar-refractivity contribution in [2.24, 2.45) is 0 Å². The summed E-state index contributed by atoms with van der Waals surface area (Å²) in [4.78, 5) is 24.6. The number of benzene rings is 2. The minimum atomic E-state index is -0.787. The largest absolute Gasteiger partial charge is 0.468 e. The molecule has 0 radical (unpaired) electrons. The lowest BCUT2D eigenvalue weighted by Crippen LogP contribution is -2.38. The van der Waals surface area contributed by atoms with E-state index in [1.54, 1.807) is 28.9 Å². The van der Waals surface area contributed by atoms with Gasteiger partial charge in [-0.3, -0.25) is 0 Å². The molecule has 0 saturated carbocycles. The van der Waals surface area contributed by atoms with Crippen LogP contribution in [0.1, 0.15) is 0 Å². The Kier molecular flexibility index (Phi) is 6.39. The number of rotatable bonds is 7. The summed E-state index contributed by atoms with van der Waals surface area (Å²) in [5.74, 6) is -0.481. The lowest BCUT2D eigenvalue weighted by atomic mass is 10.1. The van der Waals surface area contributed by atoms with Crippen molar-refractivity contribution < 1.29 is 27.8 Å². The molecule has 1 fully saturated rings. The molecule has 2 N–H and O–H groups in total. The van der Waals surface area contributed by atoms with E-state index in [0.717, 1.165) is 29.5 Å². The topological polar surface area (TPSA) is 125 Å². The molecular weight excluding hydrogens is 512 g/mol. The van der Waals surface area contributed by atoms with Crippen LogP contribution in [0.15, 0.2) is 73.2 Å². The Morgan fingerprint density at radius 2 is 1.74 bits per heavy atom. The lowest BCUT2D eigenvalue weighted by molar-refractivity contribution is -0.0816. The van der Waals surface area contributed by atoms with Crippen LogP contribution in [0.5, 0.6) is 17.6 Å². The molecule has 0 spiro atoms. The van der Waals surface area contributed by atoms with E-state index in [0.29, 0.717) is 30.5 Å². The number of imidazole rings is 1. The van der Waals surface area contributed by atoms with Gasteiger partial charge >= 0.3 is 12.0 Å². The van der Waals surface area contributed by atoms with Crippen molar-refractivity contribution >= 4 is 23.1 Å². The van der Waals surface area contributed by atoms with Crippen molar-refractivity contribution in [3.05, 3.63) is 84.8 Å². The van der Waals surface area contributed by atoms with E-state index in [9.17, 15) is 13.6 Å². The van der Waals surface area contributed by atoms with Crippen molar-refractivity contribution in [3.8, 4) is 28.9 Å². The van der Waals surface area contributed by atoms with Crippen LogP contribution >= 0.6 is 0 Å². The third-order valence-electron chi connectivity index (χ3n) is 5.65. The summed E-state index contributed by atoms with van der Waals surface area (Å²) in [6.45, 7) is 1.10. The Morgan fingerprint density at radius 3 is 2.49 bits per heavy atom. The summed E-state index contributed by atoms with van der Waals surface area (Å²) in [6, 6.07) is 12.8. The van der Waals surface area contributed by atoms with Gasteiger partial charge in [0.25, 0.3) is 0 Å². The summed E-state index contributed by atoms with van der Waals surface area (Å²) in [7, 11) is 0. The van der Waals surface area contributed by atoms with Crippen LogP contribution in [0, 0.1) is 11.6 Å². The van der Waals surface area contributed by atoms with E-state index in [2.05, 4.69) is 30.7 Å². The van der Waals surface area contributed by atoms with Gasteiger partial charge in [-0.2, -0.15) is 0 Å². The second kappa shape index (κ2) is 10.3. The molecular formula is C26H19F2N7O4. The molecule has 2 amide bonds. The van der Waals surface area contributed by atoms with Crippen LogP contribution < -0.4 is 20.1 Å². The number of aromatic nitrogens is 5. The molecule has 6 rings (SSSR count). The Morgan fingerprint density at radius 1 is 0.949 bits per heavy atom. The first-order chi connectivity index (χ1) is 19.0. The van der Waals surface area contributed by atoms with Gasteiger partial charge < -0.3 is 24.8 Å². The number of anilines is 2. The highest BCUT2D eigenvalue weighted by atomic mass is 19.1. The van der Waals surface area contributed by atoms with E-state index in [1.807, 2.05) is 18.2 Å². The molecule has 2 aromatic carbocycles. The van der Waals surface area contributed by atoms with Gasteiger partial charge in [0.2, 0.25) is 5.88 Å². The third-order valence-corrected chi connectivity index (χ3v) is 5.65. The molecule has 1 aliphatic rings. The number of carbonyl (C=O) groups is 1. The zero-order chi connectivity index (χ0) is 26.8. The highest BCUT2D eigenvalue weighted by Gasteiger charge is 2.21. The molecule has 0 atom stereocenters. The van der Waals surface area contributed by atoms with Crippen LogP contribution in [-0.2, 0) is 4.74 Å². The average Bonchev–Trinajstić information content (AvgIpc) is 3.33. The van der Waals surface area contributed by atoms with Gasteiger partial charge in [-0.15, -0.1) is 5.10 Å². The predicted molar refractivity (Wildman–Crippen MR) is 135 cm³/mol. The Hall–Kier alpha value is -5.17. The van der Waals surface area contributed by atoms with Crippen LogP contribution in [-0.4, -0.2) is 49.9 Å². The van der Waals surface area contributed by atoms with Crippen LogP contribution in [0.3, 0.4) is 0 Å². The van der Waals surface area contributed by atoms with Gasteiger partial charge in [0, 0.05) is 17.7 Å². The number of halogens is 2. The van der Waals surface area contributed by atoms with Crippen molar-refractivity contribution in [1.82, 2.24) is 24.6 Å². The summed E-state index contributed by atoms with van der Waals surface area (Å²) in [5.41, 5.74) is 2.23. The smallest absolute Gasteiger partial charge is 0.323 e. The third kappa shape index (κ3) is 5.43. The monoisotopic (exact) mass is 531 g/mol. The second-order valence-corrected chi connectivity index (χ2v) is 8.45. The van der Waals surface area contributed by atoms with E-state index in [-0.39, 0.29) is 23.5 Å². The van der Waals surface area contributed by atoms with Gasteiger partial charge in [0.15, 0.2) is 5.65 Å². The SMILES string of the molecule is O=C(Nc1cnc(Oc2ccc(-c3cnc4ccc(OC5COC5)nn34)cc2)nc1)Nc1cc(F)ccc1F. The van der Waals surface area contributed by atoms with Gasteiger partial charge in [-0.25, -0.2) is 33.0 Å². The lowest BCUT2D eigenvalue weighted by Gasteiger charge is -2.25. The molecule has 1 saturated heterocycles. The fourth-order valence-electron chi connectivity index (χ4n) is 3.68. The summed E-state index contributed by atoms with van der Waals surface area (Å²) < 4.78 is 45.3. The Bertz CT molecular complexity index is 1640. The maximum absolute atomic E-state index is 13.7. The van der Waals surface area contributed by atoms with Gasteiger partial charge in [0.1, 0.15) is 23.5 Å². The number of amides is 2. The van der Waals surface area contributed by atoms with Gasteiger partial charge in [-0.1, -0.05) is 0 Å². The number of fused-ring (bicyclic) bond motifs is 1. The molecule has 39 heavy (non-hydrogen) atoms. The standard InChI is InChI=1S/C26H19F2N7O4/c27-16-3-6-20(28)21(9-16)33-25(36)32-17-10-30-26(31-11-17)39-18-4-1-15(2-5-18)22-12-29-23-7-8-24(34-35(22)23)38-19-13-37-14-19/h1-12,19H,13-14H2,(H2,32,33,36). The van der Waals surface area contributed by atoms with Gasteiger partial charge in [-0.05, 0) is 42.5 Å². The highest BCUT2D eigenvalue weighted by molar-refractivity contribution is 5.99. The van der Waals surface area contributed by atoms with E-state index >= 15 is 0 Å². The molecule has 3 aromatic heterocycles. The zero-order valence-electron chi connectivity index (χ0n) is 20.0. The van der Waals surface area contributed by atoms with Gasteiger partial charge in [0.05, 0.1) is 48.9 Å². The molecule has 5 aromatic rings. The van der Waals surface area contributed by atoms with Crippen LogP contribution in [0.2, 0.25) is 0 Å². The quantitative estimate of drug-likeness (QED) is 0.310. The number of nitrogens with one attached hydrogen (secondary N) is 2. The van der Waals surface area contributed by atoms with Crippen molar-refractivity contribution in [2.45, 2.75) is 6.10 Å². The molecule has 11 nitrogen and oxygen atoms in total. The van der Waals surface area contributed by atoms with E-state index in [1.165, 1.54) is 12.4 Å². The molecule has 1 aliphatic heterocycles. The molecule has 0 aliphatic carbocycles. The maximum Gasteiger partial charge on any atom is 0.323 e. The average molecular weight is 531 g/mol. The first-order valence-electron chi connectivity index (χ1n) is 11.7. The summed E-state index contributed by atoms with van der Waals surface area (Å²) >= 11 is 0. The maximum atomic E-state index is 13.7. The zero-order valence-corrected chi connectivity index (χ0v) is 20.0.